The molecule has 0 spiro atoms. The molecule has 0 aromatic rings. The Morgan fingerprint density at radius 3 is 3.00 bits per heavy atom. The second-order valence-corrected chi connectivity index (χ2v) is 4.75. The van der Waals surface area contributed by atoms with Crippen LogP contribution in [0.25, 0.3) is 0 Å². The minimum absolute atomic E-state index is 0.0244. The minimum atomic E-state index is -0.433. The zero-order valence-corrected chi connectivity index (χ0v) is 10.8. The van der Waals surface area contributed by atoms with Gasteiger partial charge in [-0.2, -0.15) is 0 Å². The highest BCUT2D eigenvalue weighted by molar-refractivity contribution is 7.99. The summed E-state index contributed by atoms with van der Waals surface area (Å²) >= 11 is 1.58. The van der Waals surface area contributed by atoms with Crippen molar-refractivity contribution in [1.82, 2.24) is 4.90 Å². The lowest BCUT2D eigenvalue weighted by molar-refractivity contribution is -0.152. The molecule has 1 fully saturated rings. The standard InChI is InChI=1S/C12H17NO3S/c1-3-5-7-16-12(15)10-8-17-9-13(10)11(14)6-4-2/h1,10H,4-9H2,2H3. The van der Waals surface area contributed by atoms with Crippen molar-refractivity contribution in [3.8, 4) is 12.3 Å². The molecule has 1 atom stereocenters. The van der Waals surface area contributed by atoms with Gasteiger partial charge in [-0.3, -0.25) is 4.79 Å². The first-order chi connectivity index (χ1) is 8.20. The van der Waals surface area contributed by atoms with Crippen LogP contribution >= 0.6 is 11.8 Å². The van der Waals surface area contributed by atoms with E-state index in [1.807, 2.05) is 6.92 Å². The first-order valence-corrected chi connectivity index (χ1v) is 6.83. The van der Waals surface area contributed by atoms with Gasteiger partial charge in [0.2, 0.25) is 5.91 Å². The molecule has 0 radical (unpaired) electrons. The van der Waals surface area contributed by atoms with Gasteiger partial charge in [0.1, 0.15) is 12.6 Å². The van der Waals surface area contributed by atoms with Gasteiger partial charge in [0.25, 0.3) is 0 Å². The highest BCUT2D eigenvalue weighted by atomic mass is 32.2. The van der Waals surface area contributed by atoms with E-state index in [4.69, 9.17) is 11.2 Å². The van der Waals surface area contributed by atoms with E-state index in [0.717, 1.165) is 6.42 Å². The number of amides is 1. The van der Waals surface area contributed by atoms with Crippen molar-refractivity contribution in [2.24, 2.45) is 0 Å². The van der Waals surface area contributed by atoms with Crippen LogP contribution in [0.4, 0.5) is 0 Å². The molecule has 0 aromatic carbocycles. The average molecular weight is 255 g/mol. The Morgan fingerprint density at radius 1 is 1.59 bits per heavy atom. The summed E-state index contributed by atoms with van der Waals surface area (Å²) in [6.07, 6.45) is 6.76. The predicted octanol–water partition coefficient (Wildman–Crippen LogP) is 1.25. The number of hydrogen-bond donors (Lipinski definition) is 0. The zero-order valence-electron chi connectivity index (χ0n) is 9.98. The van der Waals surface area contributed by atoms with Gasteiger partial charge >= 0.3 is 5.97 Å². The summed E-state index contributed by atoms with van der Waals surface area (Å²) in [6, 6.07) is -0.433. The highest BCUT2D eigenvalue weighted by Gasteiger charge is 2.35. The number of thioether (sulfide) groups is 1. The first kappa shape index (κ1) is 13.9. The summed E-state index contributed by atoms with van der Waals surface area (Å²) in [4.78, 5) is 25.1. The van der Waals surface area contributed by atoms with Crippen molar-refractivity contribution in [3.63, 3.8) is 0 Å². The Bertz CT molecular complexity index is 324. The van der Waals surface area contributed by atoms with E-state index in [9.17, 15) is 9.59 Å². The summed E-state index contributed by atoms with van der Waals surface area (Å²) in [5.41, 5.74) is 0. The summed E-state index contributed by atoms with van der Waals surface area (Å²) in [5, 5.41) is 0. The number of carbonyl (C=O) groups is 2. The highest BCUT2D eigenvalue weighted by Crippen LogP contribution is 2.23. The molecule has 17 heavy (non-hydrogen) atoms. The van der Waals surface area contributed by atoms with Crippen molar-refractivity contribution in [2.45, 2.75) is 32.2 Å². The van der Waals surface area contributed by atoms with Gasteiger partial charge in [-0.15, -0.1) is 24.1 Å². The van der Waals surface area contributed by atoms with Crippen LogP contribution in [-0.2, 0) is 14.3 Å². The Balaban J connectivity index is 2.48. The summed E-state index contributed by atoms with van der Waals surface area (Å²) in [7, 11) is 0. The molecule has 1 heterocycles. The fraction of sp³-hybridized carbons (Fsp3) is 0.667. The zero-order chi connectivity index (χ0) is 12.7. The molecule has 4 nitrogen and oxygen atoms in total. The van der Waals surface area contributed by atoms with E-state index in [1.165, 1.54) is 0 Å². The lowest BCUT2D eigenvalue weighted by Gasteiger charge is -2.22. The van der Waals surface area contributed by atoms with Gasteiger partial charge < -0.3 is 9.64 Å². The van der Waals surface area contributed by atoms with Crippen LogP contribution in [0, 0.1) is 12.3 Å². The number of nitrogens with zero attached hydrogens (tertiary/aromatic N) is 1. The average Bonchev–Trinajstić information content (AvgIpc) is 2.78. The fourth-order valence-corrected chi connectivity index (χ4v) is 2.71. The van der Waals surface area contributed by atoms with Gasteiger partial charge in [0, 0.05) is 18.6 Å². The van der Waals surface area contributed by atoms with Crippen LogP contribution in [-0.4, -0.2) is 41.1 Å². The van der Waals surface area contributed by atoms with Crippen molar-refractivity contribution in [2.75, 3.05) is 18.2 Å². The van der Waals surface area contributed by atoms with Gasteiger partial charge in [0.15, 0.2) is 0 Å². The minimum Gasteiger partial charge on any atom is -0.463 e. The predicted molar refractivity (Wildman–Crippen MR) is 67.3 cm³/mol. The maximum atomic E-state index is 11.8. The van der Waals surface area contributed by atoms with Crippen molar-refractivity contribution < 1.29 is 14.3 Å². The number of esters is 1. The summed E-state index contributed by atoms with van der Waals surface area (Å²) in [5.74, 6) is 3.28. The molecule has 0 saturated carbocycles. The number of carbonyl (C=O) groups excluding carboxylic acids is 2. The van der Waals surface area contributed by atoms with Gasteiger partial charge in [-0.25, -0.2) is 4.79 Å². The summed E-state index contributed by atoms with van der Waals surface area (Å²) < 4.78 is 5.04. The van der Waals surface area contributed by atoms with Gasteiger partial charge in [-0.1, -0.05) is 6.92 Å². The molecule has 1 unspecified atom stereocenters. The number of rotatable bonds is 5. The second kappa shape index (κ2) is 7.23. The normalized spacial score (nSPS) is 18.8. The second-order valence-electron chi connectivity index (χ2n) is 3.75. The topological polar surface area (TPSA) is 46.6 Å². The van der Waals surface area contributed by atoms with Crippen LogP contribution in [0.1, 0.15) is 26.2 Å². The molecule has 1 aliphatic rings. The molecular formula is C12H17NO3S. The number of ether oxygens (including phenoxy) is 1. The SMILES string of the molecule is C#CCCOC(=O)C1CSCN1C(=O)CCC. The van der Waals surface area contributed by atoms with E-state index < -0.39 is 6.04 Å². The van der Waals surface area contributed by atoms with E-state index in [0.29, 0.717) is 24.5 Å². The van der Waals surface area contributed by atoms with Crippen molar-refractivity contribution in [1.29, 1.82) is 0 Å². The van der Waals surface area contributed by atoms with Crippen molar-refractivity contribution in [3.05, 3.63) is 0 Å². The lowest BCUT2D eigenvalue weighted by Crippen LogP contribution is -2.42. The summed E-state index contributed by atoms with van der Waals surface area (Å²) in [6.45, 7) is 2.17. The monoisotopic (exact) mass is 255 g/mol. The Morgan fingerprint density at radius 2 is 2.35 bits per heavy atom. The lowest BCUT2D eigenvalue weighted by atomic mass is 10.2. The molecule has 0 bridgehead atoms. The van der Waals surface area contributed by atoms with Crippen LogP contribution in [0.2, 0.25) is 0 Å². The largest absolute Gasteiger partial charge is 0.463 e. The number of terminal acetylenes is 1. The van der Waals surface area contributed by atoms with E-state index >= 15 is 0 Å². The molecular weight excluding hydrogens is 238 g/mol. The van der Waals surface area contributed by atoms with E-state index in [2.05, 4.69) is 5.92 Å². The quantitative estimate of drug-likeness (QED) is 0.421. The molecule has 5 heteroatoms. The Labute approximate surface area is 106 Å². The molecule has 0 aromatic heterocycles. The maximum Gasteiger partial charge on any atom is 0.329 e. The van der Waals surface area contributed by atoms with Gasteiger partial charge in [0.05, 0.1) is 5.88 Å². The van der Waals surface area contributed by atoms with Crippen LogP contribution in [0.3, 0.4) is 0 Å². The van der Waals surface area contributed by atoms with Crippen molar-refractivity contribution >= 4 is 23.6 Å². The fourth-order valence-electron chi connectivity index (χ4n) is 1.55. The van der Waals surface area contributed by atoms with E-state index in [1.54, 1.807) is 16.7 Å². The number of hydrogen-bond acceptors (Lipinski definition) is 4. The molecule has 1 saturated heterocycles. The Hall–Kier alpha value is -1.15. The maximum absolute atomic E-state index is 11.8. The molecule has 0 aliphatic carbocycles. The van der Waals surface area contributed by atoms with Crippen LogP contribution in [0.5, 0.6) is 0 Å². The van der Waals surface area contributed by atoms with Crippen LogP contribution in [0.15, 0.2) is 0 Å². The van der Waals surface area contributed by atoms with Gasteiger partial charge in [-0.05, 0) is 6.42 Å². The van der Waals surface area contributed by atoms with Crippen LogP contribution < -0.4 is 0 Å². The Kier molecular flexibility index (Phi) is 5.92. The first-order valence-electron chi connectivity index (χ1n) is 5.68. The molecule has 1 rings (SSSR count). The molecule has 0 N–H and O–H groups in total. The van der Waals surface area contributed by atoms with E-state index in [-0.39, 0.29) is 18.5 Å². The third-order valence-electron chi connectivity index (χ3n) is 2.43. The molecule has 94 valence electrons. The molecule has 1 aliphatic heterocycles. The smallest absolute Gasteiger partial charge is 0.329 e. The molecule has 1 amide bonds. The third kappa shape index (κ3) is 3.97. The third-order valence-corrected chi connectivity index (χ3v) is 3.44.